The maximum absolute atomic E-state index is 13.3. The van der Waals surface area contributed by atoms with Crippen molar-refractivity contribution in [3.8, 4) is 5.75 Å². The lowest BCUT2D eigenvalue weighted by atomic mass is 10.1. The number of amides is 1. The van der Waals surface area contributed by atoms with E-state index in [0.717, 1.165) is 31.7 Å². The minimum Gasteiger partial charge on any atom is -0.493 e. The van der Waals surface area contributed by atoms with Crippen LogP contribution in [0.5, 0.6) is 5.75 Å². The number of carbonyl (C=O) groups excluding carboxylic acids is 1. The second-order valence-corrected chi connectivity index (χ2v) is 7.59. The fourth-order valence-electron chi connectivity index (χ4n) is 2.33. The zero-order valence-corrected chi connectivity index (χ0v) is 16.8. The number of hydrogen-bond acceptors (Lipinski definition) is 5. The Hall–Kier alpha value is -1.65. The van der Waals surface area contributed by atoms with Crippen LogP contribution in [0.3, 0.4) is 0 Å². The standard InChI is InChI=1S/C17H26F3N2O6P/c1-2-3-4-5-6-9-27-15-8-7-12(10-13(15)17(18,19)20)22-16(23)14(21)11-28-29(24,25)26/h7-8,10,14H,2-6,9,11,21H2,1H3,(H,22,23)(H2,24,25,26). The van der Waals surface area contributed by atoms with Gasteiger partial charge in [-0.1, -0.05) is 32.6 Å². The highest BCUT2D eigenvalue weighted by atomic mass is 31.2. The lowest BCUT2D eigenvalue weighted by Gasteiger charge is -2.17. The average molecular weight is 442 g/mol. The number of nitrogens with two attached hydrogens (primary N) is 1. The van der Waals surface area contributed by atoms with E-state index in [1.807, 2.05) is 0 Å². The summed E-state index contributed by atoms with van der Waals surface area (Å²) in [7, 11) is -4.82. The predicted molar refractivity (Wildman–Crippen MR) is 100 cm³/mol. The molecule has 1 aromatic carbocycles. The Balaban J connectivity index is 2.75. The minimum atomic E-state index is -4.82. The van der Waals surface area contributed by atoms with Crippen molar-refractivity contribution in [3.05, 3.63) is 23.8 Å². The highest BCUT2D eigenvalue weighted by Gasteiger charge is 2.35. The van der Waals surface area contributed by atoms with Gasteiger partial charge in [-0.15, -0.1) is 0 Å². The molecule has 1 atom stereocenters. The van der Waals surface area contributed by atoms with Gasteiger partial charge in [0.05, 0.1) is 18.8 Å². The summed E-state index contributed by atoms with van der Waals surface area (Å²) in [6.07, 6.45) is -0.111. The third-order valence-electron chi connectivity index (χ3n) is 3.82. The topological polar surface area (TPSA) is 131 Å². The summed E-state index contributed by atoms with van der Waals surface area (Å²) in [6.45, 7) is 1.40. The number of ether oxygens (including phenoxy) is 1. The lowest BCUT2D eigenvalue weighted by Crippen LogP contribution is -2.39. The molecule has 8 nitrogen and oxygen atoms in total. The van der Waals surface area contributed by atoms with Gasteiger partial charge in [0.2, 0.25) is 5.91 Å². The number of alkyl halides is 3. The largest absolute Gasteiger partial charge is 0.493 e. The smallest absolute Gasteiger partial charge is 0.469 e. The quantitative estimate of drug-likeness (QED) is 0.288. The van der Waals surface area contributed by atoms with E-state index in [4.69, 9.17) is 20.3 Å². The molecule has 0 saturated carbocycles. The third-order valence-corrected chi connectivity index (χ3v) is 4.30. The molecular weight excluding hydrogens is 416 g/mol. The van der Waals surface area contributed by atoms with Gasteiger partial charge >= 0.3 is 14.0 Å². The van der Waals surface area contributed by atoms with Crippen LogP contribution in [0.25, 0.3) is 0 Å². The second kappa shape index (κ2) is 11.5. The van der Waals surface area contributed by atoms with E-state index in [9.17, 15) is 22.5 Å². The zero-order valence-electron chi connectivity index (χ0n) is 15.9. The van der Waals surface area contributed by atoms with E-state index in [0.29, 0.717) is 12.5 Å². The number of anilines is 1. The third kappa shape index (κ3) is 10.1. The Kier molecular flexibility index (Phi) is 10.1. The molecule has 0 fully saturated rings. The molecule has 0 heterocycles. The fourth-order valence-corrected chi connectivity index (χ4v) is 2.69. The van der Waals surface area contributed by atoms with Crippen LogP contribution in [-0.4, -0.2) is 34.9 Å². The number of unbranched alkanes of at least 4 members (excludes halogenated alkanes) is 4. The van der Waals surface area contributed by atoms with Gasteiger partial charge in [0, 0.05) is 5.69 Å². The highest BCUT2D eigenvalue weighted by molar-refractivity contribution is 7.46. The Labute approximate surface area is 166 Å². The molecule has 0 spiro atoms. The van der Waals surface area contributed by atoms with Crippen LogP contribution < -0.4 is 15.8 Å². The summed E-state index contributed by atoms with van der Waals surface area (Å²) in [4.78, 5) is 29.1. The van der Waals surface area contributed by atoms with Crippen molar-refractivity contribution < 1.29 is 41.6 Å². The fraction of sp³-hybridized carbons (Fsp3) is 0.588. The molecule has 0 aromatic heterocycles. The van der Waals surface area contributed by atoms with Crippen molar-refractivity contribution in [1.29, 1.82) is 0 Å². The molecular formula is C17H26F3N2O6P. The molecule has 1 amide bonds. The van der Waals surface area contributed by atoms with E-state index in [2.05, 4.69) is 16.8 Å². The van der Waals surface area contributed by atoms with Crippen LogP contribution in [0.2, 0.25) is 0 Å². The number of rotatable bonds is 12. The molecule has 166 valence electrons. The van der Waals surface area contributed by atoms with Crippen molar-refractivity contribution in [2.24, 2.45) is 5.73 Å². The first-order valence-corrected chi connectivity index (χ1v) is 10.6. The van der Waals surface area contributed by atoms with Gasteiger partial charge < -0.3 is 25.6 Å². The summed E-state index contributed by atoms with van der Waals surface area (Å²) in [5, 5.41) is 2.16. The van der Waals surface area contributed by atoms with Gasteiger partial charge in [0.1, 0.15) is 11.8 Å². The van der Waals surface area contributed by atoms with E-state index in [-0.39, 0.29) is 18.0 Å². The van der Waals surface area contributed by atoms with Crippen molar-refractivity contribution in [1.82, 2.24) is 0 Å². The first kappa shape index (κ1) is 25.4. The van der Waals surface area contributed by atoms with Gasteiger partial charge in [0.15, 0.2) is 0 Å². The highest BCUT2D eigenvalue weighted by Crippen LogP contribution is 2.38. The Morgan fingerprint density at radius 2 is 1.90 bits per heavy atom. The molecule has 1 rings (SSSR count). The summed E-state index contributed by atoms with van der Waals surface area (Å²) in [5.74, 6) is -1.31. The van der Waals surface area contributed by atoms with Crippen LogP contribution in [0.1, 0.15) is 44.6 Å². The van der Waals surface area contributed by atoms with Crippen LogP contribution >= 0.6 is 7.82 Å². The number of benzene rings is 1. The molecule has 0 aliphatic heterocycles. The molecule has 0 saturated heterocycles. The summed E-state index contributed by atoms with van der Waals surface area (Å²) >= 11 is 0. The van der Waals surface area contributed by atoms with E-state index >= 15 is 0 Å². The van der Waals surface area contributed by atoms with Gasteiger partial charge in [0.25, 0.3) is 0 Å². The first-order valence-electron chi connectivity index (χ1n) is 9.04. The predicted octanol–water partition coefficient (Wildman–Crippen LogP) is 3.43. The molecule has 0 aliphatic rings. The Morgan fingerprint density at radius 3 is 2.48 bits per heavy atom. The van der Waals surface area contributed by atoms with Gasteiger partial charge in [-0.2, -0.15) is 13.2 Å². The van der Waals surface area contributed by atoms with Crippen LogP contribution in [0.4, 0.5) is 18.9 Å². The van der Waals surface area contributed by atoms with E-state index in [1.165, 1.54) is 6.07 Å². The molecule has 12 heteroatoms. The number of nitrogens with one attached hydrogen (secondary N) is 1. The van der Waals surface area contributed by atoms with Crippen molar-refractivity contribution in [2.75, 3.05) is 18.5 Å². The summed E-state index contributed by atoms with van der Waals surface area (Å²) in [5.41, 5.74) is 4.17. The minimum absolute atomic E-state index is 0.142. The normalized spacial score (nSPS) is 13.2. The average Bonchev–Trinajstić information content (AvgIpc) is 2.61. The number of carbonyl (C=O) groups is 1. The first-order chi connectivity index (χ1) is 13.4. The summed E-state index contributed by atoms with van der Waals surface area (Å²) in [6, 6.07) is 1.54. The molecule has 0 bridgehead atoms. The number of phosphoric acid groups is 1. The van der Waals surface area contributed by atoms with E-state index < -0.39 is 38.1 Å². The van der Waals surface area contributed by atoms with Crippen LogP contribution in [0.15, 0.2) is 18.2 Å². The van der Waals surface area contributed by atoms with Gasteiger partial charge in [-0.3, -0.25) is 9.32 Å². The molecule has 0 radical (unpaired) electrons. The maximum atomic E-state index is 13.3. The monoisotopic (exact) mass is 442 g/mol. The lowest BCUT2D eigenvalue weighted by molar-refractivity contribution is -0.139. The molecule has 1 unspecified atom stereocenters. The van der Waals surface area contributed by atoms with E-state index in [1.54, 1.807) is 0 Å². The SMILES string of the molecule is CCCCCCCOc1ccc(NC(=O)C(N)COP(=O)(O)O)cc1C(F)(F)F. The number of halogens is 3. The Bertz CT molecular complexity index is 711. The van der Waals surface area contributed by atoms with Gasteiger partial charge in [-0.25, -0.2) is 4.57 Å². The molecule has 5 N–H and O–H groups in total. The zero-order chi connectivity index (χ0) is 22.1. The molecule has 1 aromatic rings. The molecule has 0 aliphatic carbocycles. The number of hydrogen-bond donors (Lipinski definition) is 4. The van der Waals surface area contributed by atoms with Crippen molar-refractivity contribution in [2.45, 2.75) is 51.2 Å². The Morgan fingerprint density at radius 1 is 1.24 bits per heavy atom. The maximum Gasteiger partial charge on any atom is 0.469 e. The summed E-state index contributed by atoms with van der Waals surface area (Å²) < 4.78 is 60.0. The van der Waals surface area contributed by atoms with Crippen molar-refractivity contribution >= 4 is 19.4 Å². The van der Waals surface area contributed by atoms with Crippen LogP contribution in [0, 0.1) is 0 Å². The van der Waals surface area contributed by atoms with Gasteiger partial charge in [-0.05, 0) is 24.6 Å². The number of phosphoric ester groups is 1. The van der Waals surface area contributed by atoms with Crippen molar-refractivity contribution in [3.63, 3.8) is 0 Å². The molecule has 29 heavy (non-hydrogen) atoms. The van der Waals surface area contributed by atoms with Crippen LogP contribution in [-0.2, 0) is 20.1 Å². The second-order valence-electron chi connectivity index (χ2n) is 6.35.